The van der Waals surface area contributed by atoms with Gasteiger partial charge in [0.25, 0.3) is 11.8 Å². The fourth-order valence-corrected chi connectivity index (χ4v) is 1.74. The van der Waals surface area contributed by atoms with Gasteiger partial charge in [0.1, 0.15) is 0 Å². The molecule has 16 heavy (non-hydrogen) atoms. The van der Waals surface area contributed by atoms with Gasteiger partial charge in [-0.2, -0.15) is 0 Å². The molecule has 0 aromatic heterocycles. The Morgan fingerprint density at radius 1 is 1.12 bits per heavy atom. The first kappa shape index (κ1) is 10.4. The number of imide groups is 1. The van der Waals surface area contributed by atoms with Crippen LogP contribution in [0, 0.1) is 0 Å². The Bertz CT molecular complexity index is 512. The van der Waals surface area contributed by atoms with Crippen LogP contribution in [-0.4, -0.2) is 11.8 Å². The van der Waals surface area contributed by atoms with E-state index in [1.165, 1.54) is 0 Å². The number of amides is 2. The van der Waals surface area contributed by atoms with Crippen molar-refractivity contribution in [2.45, 2.75) is 6.92 Å². The summed E-state index contributed by atoms with van der Waals surface area (Å²) in [6.07, 6.45) is 0. The van der Waals surface area contributed by atoms with Crippen molar-refractivity contribution in [3.8, 4) is 0 Å². The summed E-state index contributed by atoms with van der Waals surface area (Å²) in [5.41, 5.74) is 2.14. The smallest absolute Gasteiger partial charge is 0.259 e. The third-order valence-corrected chi connectivity index (χ3v) is 2.42. The number of carbonyl (C=O) groups is 2. The summed E-state index contributed by atoms with van der Waals surface area (Å²) in [5.74, 6) is -0.717. The van der Waals surface area contributed by atoms with Gasteiger partial charge in [-0.3, -0.25) is 14.9 Å². The zero-order valence-electron chi connectivity index (χ0n) is 8.91. The first-order chi connectivity index (χ1) is 7.61. The normalized spacial score (nSPS) is 15.3. The molecule has 0 aliphatic carbocycles. The fourth-order valence-electron chi connectivity index (χ4n) is 1.74. The van der Waals surface area contributed by atoms with Crippen molar-refractivity contribution in [3.63, 3.8) is 0 Å². The number of hydrogen-bond acceptors (Lipinski definition) is 2. The molecular formula is C13H11NO2. The molecule has 1 aliphatic rings. The highest BCUT2D eigenvalue weighted by Crippen LogP contribution is 2.27. The molecule has 2 rings (SSSR count). The lowest BCUT2D eigenvalue weighted by Gasteiger charge is -2.02. The van der Waals surface area contributed by atoms with Gasteiger partial charge >= 0.3 is 0 Å². The quantitative estimate of drug-likeness (QED) is 0.759. The molecule has 1 aromatic rings. The standard InChI is InChI=1S/C13H11NO2/c1-8(2)10-11(13(16)14-12(10)15)9-6-4-3-5-7-9/h3-7H,1H2,2H3,(H,14,15,16). The van der Waals surface area contributed by atoms with Crippen molar-refractivity contribution >= 4 is 17.4 Å². The molecule has 0 unspecified atom stereocenters. The molecule has 0 saturated carbocycles. The van der Waals surface area contributed by atoms with Gasteiger partial charge in [0.05, 0.1) is 11.1 Å². The van der Waals surface area contributed by atoms with E-state index in [9.17, 15) is 9.59 Å². The van der Waals surface area contributed by atoms with Gasteiger partial charge in [-0.05, 0) is 18.1 Å². The van der Waals surface area contributed by atoms with Crippen LogP contribution in [0.25, 0.3) is 5.57 Å². The van der Waals surface area contributed by atoms with Crippen LogP contribution in [0.2, 0.25) is 0 Å². The highest BCUT2D eigenvalue weighted by molar-refractivity contribution is 6.37. The van der Waals surface area contributed by atoms with Crippen LogP contribution in [0.4, 0.5) is 0 Å². The second kappa shape index (κ2) is 3.77. The molecule has 1 aromatic carbocycles. The van der Waals surface area contributed by atoms with E-state index in [4.69, 9.17) is 0 Å². The summed E-state index contributed by atoms with van der Waals surface area (Å²) in [6.45, 7) is 5.45. The van der Waals surface area contributed by atoms with Crippen LogP contribution in [0.3, 0.4) is 0 Å². The van der Waals surface area contributed by atoms with E-state index in [2.05, 4.69) is 11.9 Å². The van der Waals surface area contributed by atoms with Crippen molar-refractivity contribution < 1.29 is 9.59 Å². The predicted octanol–water partition coefficient (Wildman–Crippen LogP) is 1.67. The van der Waals surface area contributed by atoms with Gasteiger partial charge < -0.3 is 0 Å². The topological polar surface area (TPSA) is 46.2 Å². The summed E-state index contributed by atoms with van der Waals surface area (Å²) in [6, 6.07) is 9.12. The minimum Gasteiger partial charge on any atom is -0.288 e. The summed E-state index contributed by atoms with van der Waals surface area (Å²) < 4.78 is 0. The van der Waals surface area contributed by atoms with Crippen molar-refractivity contribution in [1.82, 2.24) is 5.32 Å². The average molecular weight is 213 g/mol. The van der Waals surface area contributed by atoms with Gasteiger partial charge in [-0.25, -0.2) is 0 Å². The van der Waals surface area contributed by atoms with E-state index in [-0.39, 0.29) is 11.8 Å². The number of benzene rings is 1. The van der Waals surface area contributed by atoms with E-state index in [1.807, 2.05) is 18.2 Å². The zero-order chi connectivity index (χ0) is 11.7. The molecule has 0 saturated heterocycles. The van der Waals surface area contributed by atoms with E-state index in [0.29, 0.717) is 16.7 Å². The van der Waals surface area contributed by atoms with Crippen LogP contribution < -0.4 is 5.32 Å². The van der Waals surface area contributed by atoms with Crippen LogP contribution in [0.15, 0.2) is 48.1 Å². The van der Waals surface area contributed by atoms with Crippen LogP contribution in [-0.2, 0) is 9.59 Å². The first-order valence-corrected chi connectivity index (χ1v) is 4.92. The van der Waals surface area contributed by atoms with Gasteiger partial charge in [-0.1, -0.05) is 36.9 Å². The predicted molar refractivity (Wildman–Crippen MR) is 61.3 cm³/mol. The number of carbonyl (C=O) groups excluding carboxylic acids is 2. The monoisotopic (exact) mass is 213 g/mol. The van der Waals surface area contributed by atoms with E-state index in [1.54, 1.807) is 19.1 Å². The Balaban J connectivity index is 2.64. The number of hydrogen-bond donors (Lipinski definition) is 1. The molecule has 1 N–H and O–H groups in total. The molecule has 0 spiro atoms. The largest absolute Gasteiger partial charge is 0.288 e. The highest BCUT2D eigenvalue weighted by atomic mass is 16.2. The molecule has 3 nitrogen and oxygen atoms in total. The molecule has 1 aliphatic heterocycles. The average Bonchev–Trinajstić information content (AvgIpc) is 2.55. The third-order valence-electron chi connectivity index (χ3n) is 2.42. The van der Waals surface area contributed by atoms with Crippen molar-refractivity contribution in [2.24, 2.45) is 0 Å². The SMILES string of the molecule is C=C(C)C1=C(c2ccccc2)C(=O)NC1=O. The molecule has 1 heterocycles. The molecule has 2 amide bonds. The lowest BCUT2D eigenvalue weighted by atomic mass is 9.98. The Morgan fingerprint density at radius 2 is 1.75 bits per heavy atom. The maximum atomic E-state index is 11.7. The Kier molecular flexibility index (Phi) is 2.44. The summed E-state index contributed by atoms with van der Waals surface area (Å²) in [5, 5.41) is 2.28. The Hall–Kier alpha value is -2.16. The minimum absolute atomic E-state index is 0.353. The second-order valence-electron chi connectivity index (χ2n) is 3.68. The van der Waals surface area contributed by atoms with Crippen molar-refractivity contribution in [1.29, 1.82) is 0 Å². The van der Waals surface area contributed by atoms with Crippen molar-refractivity contribution in [3.05, 3.63) is 53.6 Å². The van der Waals surface area contributed by atoms with E-state index >= 15 is 0 Å². The molecule has 0 fully saturated rings. The molecule has 0 atom stereocenters. The van der Waals surface area contributed by atoms with Gasteiger partial charge in [0.2, 0.25) is 0 Å². The lowest BCUT2D eigenvalue weighted by Crippen LogP contribution is -2.23. The maximum Gasteiger partial charge on any atom is 0.259 e. The van der Waals surface area contributed by atoms with E-state index < -0.39 is 0 Å². The first-order valence-electron chi connectivity index (χ1n) is 4.92. The van der Waals surface area contributed by atoms with Gasteiger partial charge in [-0.15, -0.1) is 0 Å². The summed E-state index contributed by atoms with van der Waals surface area (Å²) in [7, 11) is 0. The minimum atomic E-state index is -0.364. The maximum absolute atomic E-state index is 11.7. The summed E-state index contributed by atoms with van der Waals surface area (Å²) in [4.78, 5) is 23.2. The molecule has 0 radical (unpaired) electrons. The van der Waals surface area contributed by atoms with E-state index in [0.717, 1.165) is 5.56 Å². The Morgan fingerprint density at radius 3 is 2.31 bits per heavy atom. The Labute approximate surface area is 93.5 Å². The second-order valence-corrected chi connectivity index (χ2v) is 3.68. The number of nitrogens with one attached hydrogen (secondary N) is 1. The van der Waals surface area contributed by atoms with Crippen LogP contribution in [0.1, 0.15) is 12.5 Å². The lowest BCUT2D eigenvalue weighted by molar-refractivity contribution is -0.123. The van der Waals surface area contributed by atoms with Crippen LogP contribution >= 0.6 is 0 Å². The molecule has 3 heteroatoms. The molecule has 80 valence electrons. The van der Waals surface area contributed by atoms with Gasteiger partial charge in [0.15, 0.2) is 0 Å². The molecule has 0 bridgehead atoms. The zero-order valence-corrected chi connectivity index (χ0v) is 8.91. The van der Waals surface area contributed by atoms with Crippen LogP contribution in [0.5, 0.6) is 0 Å². The van der Waals surface area contributed by atoms with Crippen molar-refractivity contribution in [2.75, 3.05) is 0 Å². The fraction of sp³-hybridized carbons (Fsp3) is 0.0769. The summed E-state index contributed by atoms with van der Waals surface area (Å²) >= 11 is 0. The highest BCUT2D eigenvalue weighted by Gasteiger charge is 2.30. The number of rotatable bonds is 2. The third kappa shape index (κ3) is 1.56. The molecular weight excluding hydrogens is 202 g/mol. The van der Waals surface area contributed by atoms with Gasteiger partial charge in [0, 0.05) is 0 Å².